The first kappa shape index (κ1) is 23.0. The Bertz CT molecular complexity index is 1190. The van der Waals surface area contributed by atoms with Crippen molar-refractivity contribution in [3.8, 4) is 5.75 Å². The van der Waals surface area contributed by atoms with E-state index in [1.54, 1.807) is 24.3 Å². The van der Waals surface area contributed by atoms with Crippen LogP contribution >= 0.6 is 0 Å². The summed E-state index contributed by atoms with van der Waals surface area (Å²) in [4.78, 5) is 12.5. The van der Waals surface area contributed by atoms with Gasteiger partial charge in [0, 0.05) is 0 Å². The zero-order valence-electron chi connectivity index (χ0n) is 17.5. The summed E-state index contributed by atoms with van der Waals surface area (Å²) in [6, 6.07) is 18.2. The maximum absolute atomic E-state index is 13.3. The fraction of sp³-hybridized carbons (Fsp3) is 0.130. The van der Waals surface area contributed by atoms with Crippen LogP contribution in [0, 0.1) is 12.7 Å². The molecule has 0 saturated heterocycles. The lowest BCUT2D eigenvalue weighted by atomic mass is 10.2. The fourth-order valence-corrected chi connectivity index (χ4v) is 4.22. The van der Waals surface area contributed by atoms with Crippen molar-refractivity contribution >= 4 is 27.8 Å². The van der Waals surface area contributed by atoms with Crippen LogP contribution in [0.15, 0.2) is 82.8 Å². The van der Waals surface area contributed by atoms with Crippen molar-refractivity contribution < 1.29 is 22.3 Å². The Morgan fingerprint density at radius 3 is 2.25 bits per heavy atom. The predicted molar refractivity (Wildman–Crippen MR) is 121 cm³/mol. The molecule has 166 valence electrons. The largest absolute Gasteiger partial charge is 0.497 e. The number of ether oxygens (including phenoxy) is 1. The highest BCUT2D eigenvalue weighted by atomic mass is 32.2. The van der Waals surface area contributed by atoms with E-state index < -0.39 is 22.5 Å². The monoisotopic (exact) mass is 455 g/mol. The number of benzene rings is 3. The number of rotatable bonds is 8. The third-order valence-corrected chi connectivity index (χ3v) is 6.32. The summed E-state index contributed by atoms with van der Waals surface area (Å²) in [6.07, 6.45) is 1.34. The van der Waals surface area contributed by atoms with E-state index in [4.69, 9.17) is 4.74 Å². The number of nitrogens with one attached hydrogen (secondary N) is 1. The number of carbonyl (C=O) groups excluding carboxylic acids is 1. The summed E-state index contributed by atoms with van der Waals surface area (Å²) in [5.41, 5.74) is 4.17. The average molecular weight is 456 g/mol. The molecule has 0 radical (unpaired) electrons. The number of amides is 1. The summed E-state index contributed by atoms with van der Waals surface area (Å²) in [5, 5.41) is 3.82. The van der Waals surface area contributed by atoms with Crippen LogP contribution in [0.2, 0.25) is 0 Å². The summed E-state index contributed by atoms with van der Waals surface area (Å²) in [5.74, 6) is -0.511. The Morgan fingerprint density at radius 2 is 1.66 bits per heavy atom. The molecule has 3 rings (SSSR count). The van der Waals surface area contributed by atoms with Crippen LogP contribution in [0.3, 0.4) is 0 Å². The van der Waals surface area contributed by atoms with E-state index in [-0.39, 0.29) is 10.7 Å². The summed E-state index contributed by atoms with van der Waals surface area (Å²) < 4.78 is 45.7. The fourth-order valence-electron chi connectivity index (χ4n) is 2.79. The summed E-state index contributed by atoms with van der Waals surface area (Å²) >= 11 is 0. The normalized spacial score (nSPS) is 11.3. The Morgan fingerprint density at radius 1 is 1.03 bits per heavy atom. The number of methoxy groups -OCH3 is 1. The Kier molecular flexibility index (Phi) is 7.21. The van der Waals surface area contributed by atoms with Gasteiger partial charge in [-0.2, -0.15) is 5.10 Å². The molecule has 0 aliphatic carbocycles. The number of hydrogen-bond donors (Lipinski definition) is 1. The van der Waals surface area contributed by atoms with Crippen molar-refractivity contribution in [1.29, 1.82) is 0 Å². The van der Waals surface area contributed by atoms with Gasteiger partial charge in [0.15, 0.2) is 0 Å². The van der Waals surface area contributed by atoms with Crippen LogP contribution in [0.5, 0.6) is 5.75 Å². The first-order chi connectivity index (χ1) is 15.3. The van der Waals surface area contributed by atoms with Crippen molar-refractivity contribution in [2.75, 3.05) is 18.0 Å². The quantitative estimate of drug-likeness (QED) is 0.416. The minimum atomic E-state index is -4.05. The van der Waals surface area contributed by atoms with Crippen molar-refractivity contribution in [1.82, 2.24) is 5.43 Å². The number of carbonyl (C=O) groups is 1. The Labute approximate surface area is 186 Å². The molecule has 7 nitrogen and oxygen atoms in total. The second-order valence-electron chi connectivity index (χ2n) is 6.87. The average Bonchev–Trinajstić information content (AvgIpc) is 2.79. The van der Waals surface area contributed by atoms with E-state index in [0.29, 0.717) is 17.0 Å². The van der Waals surface area contributed by atoms with Crippen molar-refractivity contribution in [3.05, 3.63) is 89.7 Å². The standard InChI is InChI=1S/C23H22FN3O4S/c1-17-3-9-20(10-4-17)27(32(29,30)22-13-11-21(31-2)12-14-22)16-23(28)26-25-15-18-5-7-19(24)8-6-18/h3-15H,16H2,1-2H3,(H,26,28)/b25-15-. The van der Waals surface area contributed by atoms with Gasteiger partial charge in [-0.15, -0.1) is 0 Å². The zero-order chi connectivity index (χ0) is 23.1. The molecule has 0 saturated carbocycles. The first-order valence-electron chi connectivity index (χ1n) is 9.60. The molecule has 3 aromatic rings. The molecular weight excluding hydrogens is 433 g/mol. The Hall–Kier alpha value is -3.72. The third kappa shape index (κ3) is 5.70. The highest BCUT2D eigenvalue weighted by Gasteiger charge is 2.27. The van der Waals surface area contributed by atoms with Gasteiger partial charge in [-0.05, 0) is 61.0 Å². The van der Waals surface area contributed by atoms with Gasteiger partial charge in [-0.1, -0.05) is 29.8 Å². The summed E-state index contributed by atoms with van der Waals surface area (Å²) in [7, 11) is -2.56. The van der Waals surface area contributed by atoms with E-state index >= 15 is 0 Å². The molecule has 0 aliphatic rings. The lowest BCUT2D eigenvalue weighted by molar-refractivity contribution is -0.119. The molecular formula is C23H22FN3O4S. The molecule has 1 amide bonds. The maximum Gasteiger partial charge on any atom is 0.264 e. The van der Waals surface area contributed by atoms with Crippen LogP contribution in [0.4, 0.5) is 10.1 Å². The SMILES string of the molecule is COc1ccc(S(=O)(=O)N(CC(=O)N/N=C\c2ccc(F)cc2)c2ccc(C)cc2)cc1. The van der Waals surface area contributed by atoms with Gasteiger partial charge in [-0.25, -0.2) is 18.2 Å². The topological polar surface area (TPSA) is 88.1 Å². The highest BCUT2D eigenvalue weighted by Crippen LogP contribution is 2.25. The second kappa shape index (κ2) is 10.1. The van der Waals surface area contributed by atoms with Crippen LogP contribution in [-0.2, 0) is 14.8 Å². The molecule has 1 N–H and O–H groups in total. The van der Waals surface area contributed by atoms with E-state index in [9.17, 15) is 17.6 Å². The van der Waals surface area contributed by atoms with E-state index in [1.807, 2.05) is 6.92 Å². The van der Waals surface area contributed by atoms with Crippen molar-refractivity contribution in [2.24, 2.45) is 5.10 Å². The number of sulfonamides is 1. The number of hydrogen-bond acceptors (Lipinski definition) is 5. The molecule has 9 heteroatoms. The van der Waals surface area contributed by atoms with Crippen LogP contribution < -0.4 is 14.5 Å². The molecule has 0 fully saturated rings. The molecule has 0 bridgehead atoms. The number of nitrogens with zero attached hydrogens (tertiary/aromatic N) is 2. The number of anilines is 1. The van der Waals surface area contributed by atoms with Gasteiger partial charge in [-0.3, -0.25) is 9.10 Å². The maximum atomic E-state index is 13.3. The van der Waals surface area contributed by atoms with Gasteiger partial charge in [0.25, 0.3) is 15.9 Å². The van der Waals surface area contributed by atoms with Crippen molar-refractivity contribution in [2.45, 2.75) is 11.8 Å². The van der Waals surface area contributed by atoms with Crippen LogP contribution in [0.1, 0.15) is 11.1 Å². The van der Waals surface area contributed by atoms with Gasteiger partial charge in [0.05, 0.1) is 23.9 Å². The smallest absolute Gasteiger partial charge is 0.264 e. The minimum absolute atomic E-state index is 0.0153. The number of aryl methyl sites for hydroxylation is 1. The van der Waals surface area contributed by atoms with Crippen LogP contribution in [0.25, 0.3) is 0 Å². The summed E-state index contributed by atoms with van der Waals surface area (Å²) in [6.45, 7) is 1.39. The molecule has 0 aliphatic heterocycles. The van der Waals surface area contributed by atoms with Gasteiger partial charge in [0.2, 0.25) is 0 Å². The number of halogens is 1. The van der Waals surface area contributed by atoms with Crippen molar-refractivity contribution in [3.63, 3.8) is 0 Å². The predicted octanol–water partition coefficient (Wildman–Crippen LogP) is 3.49. The zero-order valence-corrected chi connectivity index (χ0v) is 18.3. The molecule has 0 spiro atoms. The molecule has 0 heterocycles. The van der Waals surface area contributed by atoms with E-state index in [1.165, 1.54) is 61.9 Å². The van der Waals surface area contributed by atoms with Gasteiger partial charge in [0.1, 0.15) is 18.1 Å². The van der Waals surface area contributed by atoms with Gasteiger partial charge >= 0.3 is 0 Å². The molecule has 0 atom stereocenters. The molecule has 0 aromatic heterocycles. The van der Waals surface area contributed by atoms with Gasteiger partial charge < -0.3 is 4.74 Å². The van der Waals surface area contributed by atoms with Crippen LogP contribution in [-0.4, -0.2) is 34.2 Å². The first-order valence-corrected chi connectivity index (χ1v) is 11.0. The lowest BCUT2D eigenvalue weighted by Crippen LogP contribution is -2.39. The number of hydrazone groups is 1. The minimum Gasteiger partial charge on any atom is -0.497 e. The van der Waals surface area contributed by atoms with E-state index in [2.05, 4.69) is 10.5 Å². The molecule has 3 aromatic carbocycles. The highest BCUT2D eigenvalue weighted by molar-refractivity contribution is 7.92. The second-order valence-corrected chi connectivity index (χ2v) is 8.73. The molecule has 0 unspecified atom stereocenters. The van der Waals surface area contributed by atoms with E-state index in [0.717, 1.165) is 9.87 Å². The Balaban J connectivity index is 1.83. The molecule has 32 heavy (non-hydrogen) atoms. The lowest BCUT2D eigenvalue weighted by Gasteiger charge is -2.24. The third-order valence-electron chi connectivity index (χ3n) is 4.53.